The average Bonchev–Trinajstić information content (AvgIpc) is 2.76. The zero-order chi connectivity index (χ0) is 27.1. The molecule has 0 radical (unpaired) electrons. The average molecular weight is 505 g/mol. The fourth-order valence-corrected chi connectivity index (χ4v) is 9.38. The van der Waals surface area contributed by atoms with Crippen LogP contribution < -0.4 is 0 Å². The van der Waals surface area contributed by atoms with E-state index in [4.69, 9.17) is 4.74 Å². The molecule has 204 valence electrons. The summed E-state index contributed by atoms with van der Waals surface area (Å²) in [6, 6.07) is 0. The van der Waals surface area contributed by atoms with E-state index >= 15 is 0 Å². The SMILES string of the molecule is COC(=O)CC[C@@]1(C)C(C(C)(C)O)C[C@H](O)[C@]2(C)[C@@H]1CC=C1[C@@H]3CC(C)(C)CC[C@]3(O)C(=O)C[C@]12C. The molecule has 0 aromatic rings. The molecule has 0 aliphatic heterocycles. The summed E-state index contributed by atoms with van der Waals surface area (Å²) in [6.07, 6.45) is 5.64. The molecule has 36 heavy (non-hydrogen) atoms. The zero-order valence-electron chi connectivity index (χ0n) is 23.6. The van der Waals surface area contributed by atoms with Crippen molar-refractivity contribution in [1.29, 1.82) is 0 Å². The van der Waals surface area contributed by atoms with Crippen LogP contribution in [-0.2, 0) is 14.3 Å². The maximum Gasteiger partial charge on any atom is 0.305 e. The van der Waals surface area contributed by atoms with Crippen LogP contribution in [0.15, 0.2) is 11.6 Å². The fraction of sp³-hybridized carbons (Fsp3) is 0.867. The van der Waals surface area contributed by atoms with E-state index in [9.17, 15) is 24.9 Å². The van der Waals surface area contributed by atoms with Crippen molar-refractivity contribution >= 4 is 11.8 Å². The molecule has 1 unspecified atom stereocenters. The first-order valence-electron chi connectivity index (χ1n) is 13.8. The first-order valence-corrected chi connectivity index (χ1v) is 13.8. The second-order valence-corrected chi connectivity index (χ2v) is 14.5. The Morgan fingerprint density at radius 1 is 1.17 bits per heavy atom. The molecule has 6 heteroatoms. The molecule has 0 amide bonds. The van der Waals surface area contributed by atoms with Gasteiger partial charge in [-0.1, -0.05) is 46.3 Å². The van der Waals surface area contributed by atoms with Gasteiger partial charge >= 0.3 is 5.97 Å². The third kappa shape index (κ3) is 3.76. The molecule has 6 nitrogen and oxygen atoms in total. The maximum absolute atomic E-state index is 13.7. The molecule has 0 saturated heterocycles. The van der Waals surface area contributed by atoms with E-state index in [-0.39, 0.29) is 47.8 Å². The molecule has 8 atom stereocenters. The summed E-state index contributed by atoms with van der Waals surface area (Å²) in [5.41, 5.74) is -2.95. The van der Waals surface area contributed by atoms with Gasteiger partial charge in [0.1, 0.15) is 5.60 Å². The van der Waals surface area contributed by atoms with Crippen molar-refractivity contribution in [3.05, 3.63) is 11.6 Å². The number of hydrogen-bond acceptors (Lipinski definition) is 6. The lowest BCUT2D eigenvalue weighted by molar-refractivity contribution is -0.231. The summed E-state index contributed by atoms with van der Waals surface area (Å²) in [5, 5.41) is 34.8. The zero-order valence-corrected chi connectivity index (χ0v) is 23.6. The van der Waals surface area contributed by atoms with E-state index in [0.29, 0.717) is 25.7 Å². The molecule has 4 rings (SSSR count). The predicted molar refractivity (Wildman–Crippen MR) is 138 cm³/mol. The summed E-state index contributed by atoms with van der Waals surface area (Å²) >= 11 is 0. The van der Waals surface area contributed by atoms with E-state index in [2.05, 4.69) is 40.7 Å². The van der Waals surface area contributed by atoms with Crippen LogP contribution in [-0.4, -0.2) is 51.5 Å². The van der Waals surface area contributed by atoms with Crippen LogP contribution in [0.25, 0.3) is 0 Å². The Balaban J connectivity index is 1.86. The minimum Gasteiger partial charge on any atom is -0.469 e. The monoisotopic (exact) mass is 504 g/mol. The minimum absolute atomic E-state index is 0.0280. The van der Waals surface area contributed by atoms with Crippen molar-refractivity contribution in [2.45, 2.75) is 117 Å². The van der Waals surface area contributed by atoms with Crippen LogP contribution >= 0.6 is 0 Å². The largest absolute Gasteiger partial charge is 0.469 e. The quantitative estimate of drug-likeness (QED) is 0.382. The van der Waals surface area contributed by atoms with Crippen molar-refractivity contribution in [1.82, 2.24) is 0 Å². The van der Waals surface area contributed by atoms with Crippen LogP contribution in [0.3, 0.4) is 0 Å². The topological polar surface area (TPSA) is 104 Å². The number of carbonyl (C=O) groups excluding carboxylic acids is 2. The molecule has 3 saturated carbocycles. The van der Waals surface area contributed by atoms with Crippen LogP contribution in [0.1, 0.15) is 99.8 Å². The standard InChI is InChI=1S/C30H48O6/c1-25(2)13-14-30(35)19(16-25)18-9-10-20-27(5,12-11-24(33)36-8)21(26(3,4)34)15-22(31)29(20,7)28(18,6)17-23(30)32/h9,19-22,31,34-35H,10-17H2,1-8H3/t19-,20+,21?,22-,27+,28+,29-,30+/m0/s1. The summed E-state index contributed by atoms with van der Waals surface area (Å²) in [7, 11) is 1.39. The number of carbonyl (C=O) groups is 2. The number of aliphatic hydroxyl groups is 3. The third-order valence-corrected chi connectivity index (χ3v) is 11.7. The number of rotatable bonds is 4. The number of Topliss-reactive ketones (excluding diaryl/α,β-unsaturated/α-hetero) is 1. The first kappa shape index (κ1) is 27.8. The number of ketones is 1. The lowest BCUT2D eigenvalue weighted by atomic mass is 9.35. The van der Waals surface area contributed by atoms with Gasteiger partial charge in [0, 0.05) is 29.6 Å². The smallest absolute Gasteiger partial charge is 0.305 e. The Morgan fingerprint density at radius 2 is 1.81 bits per heavy atom. The molecule has 3 N–H and O–H groups in total. The van der Waals surface area contributed by atoms with Crippen LogP contribution in [0.5, 0.6) is 0 Å². The molecule has 0 aromatic carbocycles. The molecular formula is C30H48O6. The number of aliphatic hydroxyl groups excluding tert-OH is 1. The lowest BCUT2D eigenvalue weighted by Crippen LogP contribution is -2.70. The second kappa shape index (κ2) is 8.38. The molecule has 0 heterocycles. The van der Waals surface area contributed by atoms with E-state index < -0.39 is 33.6 Å². The Kier molecular flexibility index (Phi) is 6.47. The van der Waals surface area contributed by atoms with Gasteiger partial charge in [-0.15, -0.1) is 0 Å². The Morgan fingerprint density at radius 3 is 2.39 bits per heavy atom. The van der Waals surface area contributed by atoms with Gasteiger partial charge in [-0.3, -0.25) is 9.59 Å². The highest BCUT2D eigenvalue weighted by Crippen LogP contribution is 2.72. The molecular weight excluding hydrogens is 456 g/mol. The predicted octanol–water partition coefficient (Wildman–Crippen LogP) is 4.59. The van der Waals surface area contributed by atoms with Crippen LogP contribution in [0.4, 0.5) is 0 Å². The summed E-state index contributed by atoms with van der Waals surface area (Å²) in [6.45, 7) is 14.4. The van der Waals surface area contributed by atoms with Crippen molar-refractivity contribution in [3.63, 3.8) is 0 Å². The summed E-state index contributed by atoms with van der Waals surface area (Å²) < 4.78 is 4.96. The van der Waals surface area contributed by atoms with Crippen molar-refractivity contribution in [2.24, 2.45) is 39.4 Å². The molecule has 0 bridgehead atoms. The highest BCUT2D eigenvalue weighted by molar-refractivity contribution is 5.91. The highest BCUT2D eigenvalue weighted by Gasteiger charge is 2.71. The van der Waals surface area contributed by atoms with Crippen molar-refractivity contribution < 1.29 is 29.6 Å². The van der Waals surface area contributed by atoms with Gasteiger partial charge < -0.3 is 20.1 Å². The third-order valence-electron chi connectivity index (χ3n) is 11.7. The van der Waals surface area contributed by atoms with Gasteiger partial charge in [-0.25, -0.2) is 0 Å². The minimum atomic E-state index is -1.33. The highest BCUT2D eigenvalue weighted by atomic mass is 16.5. The van der Waals surface area contributed by atoms with Crippen molar-refractivity contribution in [2.75, 3.05) is 7.11 Å². The number of hydrogen-bond donors (Lipinski definition) is 3. The Hall–Kier alpha value is -1.24. The van der Waals surface area contributed by atoms with Crippen LogP contribution in [0.2, 0.25) is 0 Å². The molecule has 4 aliphatic rings. The van der Waals surface area contributed by atoms with E-state index in [0.717, 1.165) is 18.4 Å². The van der Waals surface area contributed by atoms with Gasteiger partial charge in [0.15, 0.2) is 5.78 Å². The van der Waals surface area contributed by atoms with Crippen LogP contribution in [0, 0.1) is 39.4 Å². The first-order chi connectivity index (χ1) is 16.4. The number of fused-ring (bicyclic) bond motifs is 5. The van der Waals surface area contributed by atoms with Gasteiger partial charge in [-0.05, 0) is 75.0 Å². The Bertz CT molecular complexity index is 961. The van der Waals surface area contributed by atoms with Crippen molar-refractivity contribution in [3.8, 4) is 0 Å². The van der Waals surface area contributed by atoms with Gasteiger partial charge in [-0.2, -0.15) is 0 Å². The maximum atomic E-state index is 13.7. The normalized spacial score (nSPS) is 46.2. The molecule has 3 fully saturated rings. The molecule has 4 aliphatic carbocycles. The summed E-state index contributed by atoms with van der Waals surface area (Å²) in [5.74, 6) is -0.909. The van der Waals surface area contributed by atoms with Gasteiger partial charge in [0.05, 0.1) is 18.8 Å². The molecule has 0 spiro atoms. The number of allylic oxidation sites excluding steroid dienone is 1. The van der Waals surface area contributed by atoms with E-state index in [1.807, 2.05) is 0 Å². The van der Waals surface area contributed by atoms with Gasteiger partial charge in [0.2, 0.25) is 0 Å². The second-order valence-electron chi connectivity index (χ2n) is 14.5. The summed E-state index contributed by atoms with van der Waals surface area (Å²) in [4.78, 5) is 26.0. The molecule has 0 aromatic heterocycles. The number of ether oxygens (including phenoxy) is 1. The van der Waals surface area contributed by atoms with E-state index in [1.54, 1.807) is 13.8 Å². The number of methoxy groups -OCH3 is 1. The Labute approximate surface area is 216 Å². The number of esters is 1. The van der Waals surface area contributed by atoms with Gasteiger partial charge in [0.25, 0.3) is 0 Å². The lowest BCUT2D eigenvalue weighted by Gasteiger charge is -2.70. The van der Waals surface area contributed by atoms with E-state index in [1.165, 1.54) is 7.11 Å². The fourth-order valence-electron chi connectivity index (χ4n) is 9.38.